The van der Waals surface area contributed by atoms with Crippen LogP contribution in [-0.2, 0) is 0 Å². The smallest absolute Gasteiger partial charge is 0.155 e. The molecule has 0 aromatic heterocycles. The molecule has 1 aliphatic heterocycles. The van der Waals surface area contributed by atoms with Gasteiger partial charge in [0.05, 0.1) is 6.07 Å². The first kappa shape index (κ1) is 10.9. The number of likely N-dealkylation sites (tertiary alicyclic amines) is 1. The van der Waals surface area contributed by atoms with Crippen molar-refractivity contribution in [2.75, 3.05) is 19.6 Å². The van der Waals surface area contributed by atoms with Crippen molar-refractivity contribution in [3.05, 3.63) is 0 Å². The summed E-state index contributed by atoms with van der Waals surface area (Å²) in [6.07, 6.45) is 6.57. The van der Waals surface area contributed by atoms with Crippen LogP contribution in [0.3, 0.4) is 0 Å². The molecule has 0 aromatic carbocycles. The molecule has 1 N–H and O–H groups in total. The average Bonchev–Trinajstić information content (AvgIpc) is 2.63. The maximum Gasteiger partial charge on any atom is 0.155 e. The van der Waals surface area contributed by atoms with Gasteiger partial charge < -0.3 is 10.0 Å². The van der Waals surface area contributed by atoms with Gasteiger partial charge in [-0.05, 0) is 45.2 Å². The van der Waals surface area contributed by atoms with E-state index in [1.807, 2.05) is 0 Å². The average molecular weight is 208 g/mol. The molecule has 1 saturated heterocycles. The molecule has 0 aromatic rings. The zero-order valence-corrected chi connectivity index (χ0v) is 9.28. The molecule has 1 aliphatic carbocycles. The van der Waals surface area contributed by atoms with E-state index in [-0.39, 0.29) is 5.92 Å². The van der Waals surface area contributed by atoms with Crippen molar-refractivity contribution in [1.29, 1.82) is 5.26 Å². The summed E-state index contributed by atoms with van der Waals surface area (Å²) in [6.45, 7) is 3.22. The first-order valence-electron chi connectivity index (χ1n) is 6.10. The summed E-state index contributed by atoms with van der Waals surface area (Å²) in [6, 6.07) is 2.11. The van der Waals surface area contributed by atoms with Gasteiger partial charge in [-0.2, -0.15) is 5.26 Å². The highest BCUT2D eigenvalue weighted by molar-refractivity contribution is 5.08. The van der Waals surface area contributed by atoms with E-state index in [0.29, 0.717) is 6.42 Å². The van der Waals surface area contributed by atoms with E-state index in [1.165, 1.54) is 19.3 Å². The van der Waals surface area contributed by atoms with Crippen molar-refractivity contribution in [3.8, 4) is 6.07 Å². The van der Waals surface area contributed by atoms with Crippen molar-refractivity contribution in [1.82, 2.24) is 4.90 Å². The third kappa shape index (κ3) is 2.32. The lowest BCUT2D eigenvalue weighted by Crippen LogP contribution is -2.41. The minimum Gasteiger partial charge on any atom is -0.375 e. The van der Waals surface area contributed by atoms with E-state index in [4.69, 9.17) is 5.26 Å². The van der Waals surface area contributed by atoms with Crippen molar-refractivity contribution < 1.29 is 5.11 Å². The third-order valence-electron chi connectivity index (χ3n) is 3.91. The summed E-state index contributed by atoms with van der Waals surface area (Å²) >= 11 is 0. The van der Waals surface area contributed by atoms with E-state index in [9.17, 15) is 5.11 Å². The zero-order valence-electron chi connectivity index (χ0n) is 9.28. The van der Waals surface area contributed by atoms with Crippen LogP contribution in [0.2, 0.25) is 0 Å². The highest BCUT2D eigenvalue weighted by atomic mass is 16.3. The summed E-state index contributed by atoms with van der Waals surface area (Å²) in [7, 11) is 0. The van der Waals surface area contributed by atoms with Gasteiger partial charge >= 0.3 is 0 Å². The Morgan fingerprint density at radius 2 is 2.00 bits per heavy atom. The van der Waals surface area contributed by atoms with Crippen molar-refractivity contribution in [2.24, 2.45) is 5.92 Å². The van der Waals surface area contributed by atoms with Crippen molar-refractivity contribution >= 4 is 0 Å². The largest absolute Gasteiger partial charge is 0.375 e. The molecule has 15 heavy (non-hydrogen) atoms. The van der Waals surface area contributed by atoms with E-state index in [2.05, 4.69) is 11.0 Å². The molecule has 84 valence electrons. The van der Waals surface area contributed by atoms with Gasteiger partial charge in [-0.15, -0.1) is 0 Å². The Morgan fingerprint density at radius 3 is 2.67 bits per heavy atom. The molecule has 0 radical (unpaired) electrons. The fourth-order valence-electron chi connectivity index (χ4n) is 2.90. The standard InChI is InChI=1S/C12H20N2O/c13-10-12(15)6-4-5-11(12)9-14-7-2-1-3-8-14/h11,15H,1-9H2. The van der Waals surface area contributed by atoms with Crippen LogP contribution in [0.1, 0.15) is 38.5 Å². The predicted octanol–water partition coefficient (Wildman–Crippen LogP) is 1.53. The van der Waals surface area contributed by atoms with E-state index in [0.717, 1.165) is 32.5 Å². The molecular weight excluding hydrogens is 188 g/mol. The molecule has 0 amide bonds. The van der Waals surface area contributed by atoms with Crippen molar-refractivity contribution in [3.63, 3.8) is 0 Å². The molecule has 2 fully saturated rings. The molecular formula is C12H20N2O. The van der Waals surface area contributed by atoms with Crippen LogP contribution < -0.4 is 0 Å². The van der Waals surface area contributed by atoms with Gasteiger partial charge in [-0.25, -0.2) is 0 Å². The Bertz CT molecular complexity index is 255. The molecule has 0 bridgehead atoms. The van der Waals surface area contributed by atoms with Crippen LogP contribution in [0.25, 0.3) is 0 Å². The summed E-state index contributed by atoms with van der Waals surface area (Å²) in [5.41, 5.74) is -1.03. The molecule has 3 heteroatoms. The van der Waals surface area contributed by atoms with Gasteiger partial charge in [0.25, 0.3) is 0 Å². The molecule has 1 saturated carbocycles. The van der Waals surface area contributed by atoms with Gasteiger partial charge in [0.1, 0.15) is 0 Å². The second-order valence-electron chi connectivity index (χ2n) is 4.99. The number of aliphatic hydroxyl groups is 1. The van der Waals surface area contributed by atoms with Crippen LogP contribution in [0.5, 0.6) is 0 Å². The fourth-order valence-corrected chi connectivity index (χ4v) is 2.90. The van der Waals surface area contributed by atoms with E-state index < -0.39 is 5.60 Å². The molecule has 2 aliphatic rings. The Balaban J connectivity index is 1.90. The van der Waals surface area contributed by atoms with Gasteiger partial charge in [0.2, 0.25) is 0 Å². The Morgan fingerprint density at radius 1 is 1.27 bits per heavy atom. The zero-order chi connectivity index (χ0) is 10.7. The quantitative estimate of drug-likeness (QED) is 0.700. The van der Waals surface area contributed by atoms with Crippen LogP contribution in [0.15, 0.2) is 0 Å². The van der Waals surface area contributed by atoms with Crippen LogP contribution >= 0.6 is 0 Å². The second-order valence-corrected chi connectivity index (χ2v) is 4.99. The first-order valence-corrected chi connectivity index (χ1v) is 6.10. The van der Waals surface area contributed by atoms with E-state index in [1.54, 1.807) is 0 Å². The van der Waals surface area contributed by atoms with Gasteiger partial charge in [-0.3, -0.25) is 0 Å². The topological polar surface area (TPSA) is 47.3 Å². The third-order valence-corrected chi connectivity index (χ3v) is 3.91. The maximum atomic E-state index is 10.1. The van der Waals surface area contributed by atoms with Crippen LogP contribution in [0.4, 0.5) is 0 Å². The molecule has 2 atom stereocenters. The van der Waals surface area contributed by atoms with Crippen LogP contribution in [0, 0.1) is 17.2 Å². The number of nitrogens with zero attached hydrogens (tertiary/aromatic N) is 2. The normalized spacial score (nSPS) is 37.7. The summed E-state index contributed by atoms with van der Waals surface area (Å²) < 4.78 is 0. The molecule has 1 heterocycles. The Labute approximate surface area is 91.7 Å². The lowest BCUT2D eigenvalue weighted by molar-refractivity contribution is 0.0364. The predicted molar refractivity (Wildman–Crippen MR) is 58.2 cm³/mol. The molecule has 3 nitrogen and oxygen atoms in total. The molecule has 2 unspecified atom stereocenters. The highest BCUT2D eigenvalue weighted by Crippen LogP contribution is 2.36. The Kier molecular flexibility index (Phi) is 3.28. The SMILES string of the molecule is N#CC1(O)CCCC1CN1CCCCC1. The van der Waals surface area contributed by atoms with Gasteiger partial charge in [0.15, 0.2) is 5.60 Å². The van der Waals surface area contributed by atoms with Gasteiger partial charge in [-0.1, -0.05) is 6.42 Å². The van der Waals surface area contributed by atoms with Crippen LogP contribution in [-0.4, -0.2) is 35.2 Å². The maximum absolute atomic E-state index is 10.1. The number of nitriles is 1. The van der Waals surface area contributed by atoms with E-state index >= 15 is 0 Å². The second kappa shape index (κ2) is 4.51. The molecule has 2 rings (SSSR count). The summed E-state index contributed by atoms with van der Waals surface area (Å²) in [5.74, 6) is 0.181. The lowest BCUT2D eigenvalue weighted by atomic mass is 9.91. The number of hydrogen-bond donors (Lipinski definition) is 1. The monoisotopic (exact) mass is 208 g/mol. The minimum atomic E-state index is -1.03. The highest BCUT2D eigenvalue weighted by Gasteiger charge is 2.42. The Hall–Kier alpha value is -0.590. The number of piperidine rings is 1. The summed E-state index contributed by atoms with van der Waals surface area (Å²) in [5, 5.41) is 19.1. The lowest BCUT2D eigenvalue weighted by Gasteiger charge is -2.32. The van der Waals surface area contributed by atoms with Crippen molar-refractivity contribution in [2.45, 2.75) is 44.1 Å². The fraction of sp³-hybridized carbons (Fsp3) is 0.917. The van der Waals surface area contributed by atoms with Gasteiger partial charge in [0, 0.05) is 12.5 Å². The number of rotatable bonds is 2. The molecule has 0 spiro atoms. The minimum absolute atomic E-state index is 0.181. The summed E-state index contributed by atoms with van der Waals surface area (Å²) in [4.78, 5) is 2.42. The number of hydrogen-bond acceptors (Lipinski definition) is 3. The first-order chi connectivity index (χ1) is 7.24.